The molecule has 0 saturated heterocycles. The molecule has 2 fully saturated rings. The SMILES string of the molecule is CNC(=O)C12CCC(C(=O)C1=O)C2(C)C. The fraction of sp³-hybridized carbons (Fsp3) is 0.727. The van der Waals surface area contributed by atoms with Gasteiger partial charge in [-0.25, -0.2) is 0 Å². The van der Waals surface area contributed by atoms with Crippen molar-refractivity contribution in [2.75, 3.05) is 7.05 Å². The van der Waals surface area contributed by atoms with Gasteiger partial charge in [0, 0.05) is 13.0 Å². The van der Waals surface area contributed by atoms with Crippen molar-refractivity contribution in [3.05, 3.63) is 0 Å². The Morgan fingerprint density at radius 1 is 1.40 bits per heavy atom. The quantitative estimate of drug-likeness (QED) is 0.499. The molecule has 0 radical (unpaired) electrons. The number of fused-ring (bicyclic) bond motifs is 2. The van der Waals surface area contributed by atoms with Gasteiger partial charge in [-0.1, -0.05) is 13.8 Å². The Balaban J connectivity index is 2.59. The molecule has 0 aromatic carbocycles. The minimum absolute atomic E-state index is 0.262. The van der Waals surface area contributed by atoms with E-state index < -0.39 is 16.6 Å². The van der Waals surface area contributed by atoms with Gasteiger partial charge in [0.05, 0.1) is 0 Å². The third-order valence-corrected chi connectivity index (χ3v) is 4.32. The number of carbonyl (C=O) groups excluding carboxylic acids is 3. The first-order valence-corrected chi connectivity index (χ1v) is 5.20. The molecule has 0 aliphatic heterocycles. The van der Waals surface area contributed by atoms with Crippen molar-refractivity contribution in [3.8, 4) is 0 Å². The largest absolute Gasteiger partial charge is 0.358 e. The average molecular weight is 209 g/mol. The van der Waals surface area contributed by atoms with Gasteiger partial charge in [0.1, 0.15) is 5.41 Å². The Bertz CT molecular complexity index is 372. The van der Waals surface area contributed by atoms with Crippen LogP contribution in [0, 0.1) is 16.7 Å². The van der Waals surface area contributed by atoms with Crippen LogP contribution in [0.2, 0.25) is 0 Å². The van der Waals surface area contributed by atoms with Crippen LogP contribution in [0.3, 0.4) is 0 Å². The van der Waals surface area contributed by atoms with Crippen molar-refractivity contribution < 1.29 is 14.4 Å². The molecule has 0 aromatic rings. The summed E-state index contributed by atoms with van der Waals surface area (Å²) in [5.74, 6) is -1.40. The molecule has 4 heteroatoms. The monoisotopic (exact) mass is 209 g/mol. The average Bonchev–Trinajstić information content (AvgIpc) is 2.53. The van der Waals surface area contributed by atoms with Crippen molar-refractivity contribution >= 4 is 17.5 Å². The highest BCUT2D eigenvalue weighted by molar-refractivity contribution is 6.47. The molecule has 82 valence electrons. The third kappa shape index (κ3) is 0.856. The molecule has 0 aromatic heterocycles. The molecule has 2 unspecified atom stereocenters. The second kappa shape index (κ2) is 2.68. The smallest absolute Gasteiger partial charge is 0.234 e. The molecular weight excluding hydrogens is 194 g/mol. The number of rotatable bonds is 1. The molecule has 15 heavy (non-hydrogen) atoms. The Morgan fingerprint density at radius 2 is 2.00 bits per heavy atom. The zero-order valence-electron chi connectivity index (χ0n) is 9.22. The zero-order valence-corrected chi connectivity index (χ0v) is 9.22. The van der Waals surface area contributed by atoms with Crippen LogP contribution in [0.5, 0.6) is 0 Å². The van der Waals surface area contributed by atoms with Crippen molar-refractivity contribution in [2.24, 2.45) is 16.7 Å². The number of nitrogens with one attached hydrogen (secondary N) is 1. The molecule has 0 heterocycles. The first-order valence-electron chi connectivity index (χ1n) is 5.20. The Kier molecular flexibility index (Phi) is 1.85. The number of ketones is 2. The molecule has 2 aliphatic rings. The maximum atomic E-state index is 11.9. The summed E-state index contributed by atoms with van der Waals surface area (Å²) in [5, 5.41) is 2.52. The molecule has 4 nitrogen and oxygen atoms in total. The van der Waals surface area contributed by atoms with Crippen LogP contribution in [-0.2, 0) is 14.4 Å². The highest BCUT2D eigenvalue weighted by Gasteiger charge is 2.72. The van der Waals surface area contributed by atoms with Crippen LogP contribution in [-0.4, -0.2) is 24.5 Å². The van der Waals surface area contributed by atoms with E-state index in [1.807, 2.05) is 13.8 Å². The number of amides is 1. The van der Waals surface area contributed by atoms with E-state index in [0.717, 1.165) is 0 Å². The minimum atomic E-state index is -1.09. The number of carbonyl (C=O) groups is 3. The molecular formula is C11H15NO3. The van der Waals surface area contributed by atoms with Gasteiger partial charge in [-0.3, -0.25) is 14.4 Å². The van der Waals surface area contributed by atoms with Crippen molar-refractivity contribution in [1.82, 2.24) is 5.32 Å². The van der Waals surface area contributed by atoms with Gasteiger partial charge in [-0.05, 0) is 18.3 Å². The summed E-state index contributed by atoms with van der Waals surface area (Å²) in [6, 6.07) is 0. The highest BCUT2D eigenvalue weighted by atomic mass is 16.2. The summed E-state index contributed by atoms with van der Waals surface area (Å²) in [4.78, 5) is 35.5. The van der Waals surface area contributed by atoms with E-state index in [4.69, 9.17) is 0 Å². The lowest BCUT2D eigenvalue weighted by Crippen LogP contribution is -2.49. The topological polar surface area (TPSA) is 63.2 Å². The van der Waals surface area contributed by atoms with Gasteiger partial charge in [0.2, 0.25) is 17.5 Å². The first-order chi connectivity index (χ1) is 6.89. The summed E-state index contributed by atoms with van der Waals surface area (Å²) in [5.41, 5.74) is -1.62. The van der Waals surface area contributed by atoms with Gasteiger partial charge in [0.25, 0.3) is 0 Å². The van der Waals surface area contributed by atoms with Gasteiger partial charge < -0.3 is 5.32 Å². The van der Waals surface area contributed by atoms with E-state index in [1.165, 1.54) is 7.05 Å². The predicted octanol–water partition coefficient (Wildman–Crippen LogP) is 0.307. The van der Waals surface area contributed by atoms with Crippen LogP contribution >= 0.6 is 0 Å². The summed E-state index contributed by atoms with van der Waals surface area (Å²) in [6.07, 6.45) is 1.17. The summed E-state index contributed by atoms with van der Waals surface area (Å²) < 4.78 is 0. The van der Waals surface area contributed by atoms with E-state index in [2.05, 4.69) is 5.32 Å². The maximum absolute atomic E-state index is 11.9. The van der Waals surface area contributed by atoms with Crippen LogP contribution in [0.25, 0.3) is 0 Å². The van der Waals surface area contributed by atoms with E-state index in [1.54, 1.807) is 0 Å². The summed E-state index contributed by atoms with van der Waals surface area (Å²) >= 11 is 0. The van der Waals surface area contributed by atoms with Gasteiger partial charge in [-0.15, -0.1) is 0 Å². The Labute approximate surface area is 88.4 Å². The van der Waals surface area contributed by atoms with Crippen molar-refractivity contribution in [3.63, 3.8) is 0 Å². The fourth-order valence-corrected chi connectivity index (χ4v) is 3.30. The van der Waals surface area contributed by atoms with Crippen LogP contribution < -0.4 is 5.32 Å². The zero-order chi connectivity index (χ0) is 11.4. The Hall–Kier alpha value is -1.19. The van der Waals surface area contributed by atoms with Crippen LogP contribution in [0.1, 0.15) is 26.7 Å². The molecule has 2 saturated carbocycles. The lowest BCUT2D eigenvalue weighted by molar-refractivity contribution is -0.148. The normalized spacial score (nSPS) is 37.1. The van der Waals surface area contributed by atoms with Crippen molar-refractivity contribution in [1.29, 1.82) is 0 Å². The molecule has 1 N–H and O–H groups in total. The number of hydrogen-bond donors (Lipinski definition) is 1. The summed E-state index contributed by atoms with van der Waals surface area (Å²) in [7, 11) is 1.51. The predicted molar refractivity (Wildman–Crippen MR) is 53.0 cm³/mol. The van der Waals surface area contributed by atoms with Crippen LogP contribution in [0.4, 0.5) is 0 Å². The second-order valence-electron chi connectivity index (χ2n) is 4.99. The van der Waals surface area contributed by atoms with E-state index in [-0.39, 0.29) is 17.6 Å². The molecule has 1 amide bonds. The fourth-order valence-electron chi connectivity index (χ4n) is 3.30. The third-order valence-electron chi connectivity index (χ3n) is 4.32. The van der Waals surface area contributed by atoms with Gasteiger partial charge >= 0.3 is 0 Å². The summed E-state index contributed by atoms with van der Waals surface area (Å²) in [6.45, 7) is 3.70. The van der Waals surface area contributed by atoms with E-state index in [0.29, 0.717) is 12.8 Å². The maximum Gasteiger partial charge on any atom is 0.234 e. The number of hydrogen-bond acceptors (Lipinski definition) is 3. The van der Waals surface area contributed by atoms with E-state index in [9.17, 15) is 14.4 Å². The first kappa shape index (κ1) is 10.3. The molecule has 2 aliphatic carbocycles. The second-order valence-corrected chi connectivity index (χ2v) is 4.99. The van der Waals surface area contributed by atoms with Gasteiger partial charge in [0.15, 0.2) is 0 Å². The van der Waals surface area contributed by atoms with Crippen LogP contribution in [0.15, 0.2) is 0 Å². The minimum Gasteiger partial charge on any atom is -0.358 e. The number of Topliss-reactive ketones (excluding diaryl/α,β-unsaturated/α-hetero) is 2. The standard InChI is InChI=1S/C11H15NO3/c1-10(2)6-4-5-11(10,9(15)12-3)8(14)7(6)13/h6H,4-5H2,1-3H3,(H,12,15). The Morgan fingerprint density at radius 3 is 2.40 bits per heavy atom. The molecule has 2 bridgehead atoms. The molecule has 2 rings (SSSR count). The lowest BCUT2D eigenvalue weighted by Gasteiger charge is -2.33. The highest BCUT2D eigenvalue weighted by Crippen LogP contribution is 2.62. The molecule has 2 atom stereocenters. The molecule has 0 spiro atoms. The van der Waals surface area contributed by atoms with E-state index >= 15 is 0 Å². The van der Waals surface area contributed by atoms with Crippen molar-refractivity contribution in [2.45, 2.75) is 26.7 Å². The lowest BCUT2D eigenvalue weighted by atomic mass is 9.68. The van der Waals surface area contributed by atoms with Gasteiger partial charge in [-0.2, -0.15) is 0 Å².